The van der Waals surface area contributed by atoms with E-state index in [1.807, 2.05) is 19.0 Å². The Hall–Kier alpha value is -1.51. The normalized spacial score (nSPS) is 18.0. The molecule has 1 atom stereocenters. The SMILES string of the molecule is COc1ccc(S(=O)(=O)C2CCCN(C(=O)NCCN(C)C)C2)cc1Cl. The number of hydrogen-bond acceptors (Lipinski definition) is 5. The molecule has 7 nitrogen and oxygen atoms in total. The summed E-state index contributed by atoms with van der Waals surface area (Å²) >= 11 is 6.07. The summed E-state index contributed by atoms with van der Waals surface area (Å²) in [4.78, 5) is 16.0. The Morgan fingerprint density at radius 3 is 2.77 bits per heavy atom. The molecule has 1 unspecified atom stereocenters. The van der Waals surface area contributed by atoms with E-state index in [0.29, 0.717) is 31.7 Å². The molecule has 1 aliphatic rings. The number of carbonyl (C=O) groups excluding carboxylic acids is 1. The Kier molecular flexibility index (Phi) is 7.14. The number of nitrogens with one attached hydrogen (secondary N) is 1. The number of ether oxygens (including phenoxy) is 1. The van der Waals surface area contributed by atoms with Gasteiger partial charge in [0, 0.05) is 26.2 Å². The van der Waals surface area contributed by atoms with Crippen LogP contribution in [0.5, 0.6) is 5.75 Å². The van der Waals surface area contributed by atoms with Crippen molar-refractivity contribution >= 4 is 27.5 Å². The third-order valence-electron chi connectivity index (χ3n) is 4.39. The van der Waals surface area contributed by atoms with E-state index in [2.05, 4.69) is 5.32 Å². The first-order chi connectivity index (χ1) is 12.3. The highest BCUT2D eigenvalue weighted by Gasteiger charge is 2.34. The average molecular weight is 404 g/mol. The van der Waals surface area contributed by atoms with Crippen molar-refractivity contribution in [2.75, 3.05) is 47.4 Å². The lowest BCUT2D eigenvalue weighted by molar-refractivity contribution is 0.186. The maximum absolute atomic E-state index is 12.9. The summed E-state index contributed by atoms with van der Waals surface area (Å²) in [6.07, 6.45) is 1.17. The first kappa shape index (κ1) is 20.8. The zero-order chi connectivity index (χ0) is 19.3. The smallest absolute Gasteiger partial charge is 0.317 e. The highest BCUT2D eigenvalue weighted by atomic mass is 35.5. The number of likely N-dealkylation sites (N-methyl/N-ethyl adjacent to an activating group) is 1. The van der Waals surface area contributed by atoms with Crippen LogP contribution in [0.25, 0.3) is 0 Å². The first-order valence-corrected chi connectivity index (χ1v) is 10.4. The van der Waals surface area contributed by atoms with E-state index < -0.39 is 15.1 Å². The van der Waals surface area contributed by atoms with E-state index in [4.69, 9.17) is 16.3 Å². The maximum atomic E-state index is 12.9. The summed E-state index contributed by atoms with van der Waals surface area (Å²) in [6.45, 7) is 1.99. The molecule has 1 aromatic carbocycles. The molecule has 0 saturated carbocycles. The van der Waals surface area contributed by atoms with Gasteiger partial charge in [-0.1, -0.05) is 11.6 Å². The summed E-state index contributed by atoms with van der Waals surface area (Å²) in [6, 6.07) is 4.23. The molecule has 146 valence electrons. The van der Waals surface area contributed by atoms with Gasteiger partial charge in [0.25, 0.3) is 0 Å². The lowest BCUT2D eigenvalue weighted by Gasteiger charge is -2.32. The summed E-state index contributed by atoms with van der Waals surface area (Å²) < 4.78 is 31.0. The van der Waals surface area contributed by atoms with Gasteiger partial charge in [-0.3, -0.25) is 0 Å². The number of halogens is 1. The van der Waals surface area contributed by atoms with Crippen LogP contribution in [-0.4, -0.2) is 76.9 Å². The number of rotatable bonds is 6. The molecule has 1 saturated heterocycles. The predicted octanol–water partition coefficient (Wildman–Crippen LogP) is 1.86. The number of amides is 2. The Morgan fingerprint density at radius 1 is 1.42 bits per heavy atom. The highest BCUT2D eigenvalue weighted by Crippen LogP contribution is 2.30. The van der Waals surface area contributed by atoms with E-state index in [1.54, 1.807) is 11.0 Å². The number of methoxy groups -OCH3 is 1. The molecular weight excluding hydrogens is 378 g/mol. The van der Waals surface area contributed by atoms with Crippen molar-refractivity contribution in [2.24, 2.45) is 0 Å². The molecule has 0 aromatic heterocycles. The summed E-state index contributed by atoms with van der Waals surface area (Å²) in [5.74, 6) is 0.427. The number of nitrogens with zero attached hydrogens (tertiary/aromatic N) is 2. The number of likely N-dealkylation sites (tertiary alicyclic amines) is 1. The second kappa shape index (κ2) is 8.92. The fourth-order valence-corrected chi connectivity index (χ4v) is 4.99. The van der Waals surface area contributed by atoms with E-state index in [1.165, 1.54) is 19.2 Å². The molecule has 2 rings (SSSR count). The number of hydrogen-bond donors (Lipinski definition) is 1. The fourth-order valence-electron chi connectivity index (χ4n) is 2.89. The number of carbonyl (C=O) groups is 1. The topological polar surface area (TPSA) is 79.0 Å². The third-order valence-corrected chi connectivity index (χ3v) is 6.86. The van der Waals surface area contributed by atoms with E-state index in [-0.39, 0.29) is 22.5 Å². The largest absolute Gasteiger partial charge is 0.495 e. The third kappa shape index (κ3) is 5.02. The van der Waals surface area contributed by atoms with Gasteiger partial charge in [0.15, 0.2) is 9.84 Å². The van der Waals surface area contributed by atoms with Gasteiger partial charge in [-0.15, -0.1) is 0 Å². The quantitative estimate of drug-likeness (QED) is 0.784. The standard InChI is InChI=1S/C17H26ClN3O4S/c1-20(2)10-8-19-17(22)21-9-4-5-14(12-21)26(23,24)13-6-7-16(25-3)15(18)11-13/h6-7,11,14H,4-5,8-10,12H2,1-3H3,(H,19,22). The average Bonchev–Trinajstić information content (AvgIpc) is 2.61. The van der Waals surface area contributed by atoms with Gasteiger partial charge in [0.2, 0.25) is 0 Å². The molecule has 26 heavy (non-hydrogen) atoms. The van der Waals surface area contributed by atoms with Crippen LogP contribution in [0.1, 0.15) is 12.8 Å². The number of piperidine rings is 1. The minimum Gasteiger partial charge on any atom is -0.495 e. The van der Waals surface area contributed by atoms with Gasteiger partial charge in [-0.05, 0) is 45.1 Å². The van der Waals surface area contributed by atoms with Crippen LogP contribution in [0.4, 0.5) is 4.79 Å². The minimum absolute atomic E-state index is 0.156. The Balaban J connectivity index is 2.07. The summed E-state index contributed by atoms with van der Waals surface area (Å²) in [5.41, 5.74) is 0. The predicted molar refractivity (Wildman–Crippen MR) is 102 cm³/mol. The molecule has 2 amide bonds. The molecule has 1 fully saturated rings. The van der Waals surface area contributed by atoms with Crippen molar-refractivity contribution in [1.29, 1.82) is 0 Å². The van der Waals surface area contributed by atoms with Gasteiger partial charge in [0.1, 0.15) is 5.75 Å². The molecule has 1 N–H and O–H groups in total. The van der Waals surface area contributed by atoms with Crippen LogP contribution in [0.3, 0.4) is 0 Å². The molecular formula is C17H26ClN3O4S. The summed E-state index contributed by atoms with van der Waals surface area (Å²) in [7, 11) is 1.75. The van der Waals surface area contributed by atoms with Crippen LogP contribution in [0.15, 0.2) is 23.1 Å². The molecule has 0 aliphatic carbocycles. The Morgan fingerprint density at radius 2 is 2.15 bits per heavy atom. The van der Waals surface area contributed by atoms with Gasteiger partial charge in [-0.25, -0.2) is 13.2 Å². The second-order valence-corrected chi connectivity index (χ2v) is 9.22. The van der Waals surface area contributed by atoms with Crippen LogP contribution in [-0.2, 0) is 9.84 Å². The molecule has 9 heteroatoms. The zero-order valence-corrected chi connectivity index (χ0v) is 16.9. The Bertz CT molecular complexity index is 740. The van der Waals surface area contributed by atoms with Gasteiger partial charge in [0.05, 0.1) is 22.3 Å². The molecule has 1 heterocycles. The van der Waals surface area contributed by atoms with E-state index in [0.717, 1.165) is 6.54 Å². The van der Waals surface area contributed by atoms with Crippen LogP contribution < -0.4 is 10.1 Å². The van der Waals surface area contributed by atoms with Crippen molar-refractivity contribution in [3.8, 4) is 5.75 Å². The number of sulfone groups is 1. The van der Waals surface area contributed by atoms with Crippen molar-refractivity contribution in [3.05, 3.63) is 23.2 Å². The first-order valence-electron chi connectivity index (χ1n) is 8.50. The van der Waals surface area contributed by atoms with Crippen LogP contribution >= 0.6 is 11.6 Å². The fraction of sp³-hybridized carbons (Fsp3) is 0.588. The van der Waals surface area contributed by atoms with Gasteiger partial charge in [-0.2, -0.15) is 0 Å². The lowest BCUT2D eigenvalue weighted by Crippen LogP contribution is -2.49. The molecule has 1 aromatic rings. The molecule has 1 aliphatic heterocycles. The van der Waals surface area contributed by atoms with Crippen molar-refractivity contribution < 1.29 is 17.9 Å². The number of benzene rings is 1. The monoisotopic (exact) mass is 403 g/mol. The van der Waals surface area contributed by atoms with Gasteiger partial charge < -0.3 is 19.9 Å². The van der Waals surface area contributed by atoms with E-state index in [9.17, 15) is 13.2 Å². The molecule has 0 bridgehead atoms. The van der Waals surface area contributed by atoms with Crippen molar-refractivity contribution in [2.45, 2.75) is 23.0 Å². The Labute approximate surface area is 160 Å². The maximum Gasteiger partial charge on any atom is 0.317 e. The number of urea groups is 1. The van der Waals surface area contributed by atoms with E-state index >= 15 is 0 Å². The highest BCUT2D eigenvalue weighted by molar-refractivity contribution is 7.92. The molecule has 0 radical (unpaired) electrons. The zero-order valence-electron chi connectivity index (χ0n) is 15.4. The lowest BCUT2D eigenvalue weighted by atomic mass is 10.1. The van der Waals surface area contributed by atoms with Gasteiger partial charge >= 0.3 is 6.03 Å². The minimum atomic E-state index is -3.58. The second-order valence-electron chi connectivity index (χ2n) is 6.59. The van der Waals surface area contributed by atoms with Crippen molar-refractivity contribution in [3.63, 3.8) is 0 Å². The van der Waals surface area contributed by atoms with Crippen molar-refractivity contribution in [1.82, 2.24) is 15.1 Å². The summed E-state index contributed by atoms with van der Waals surface area (Å²) in [5, 5.41) is 2.45. The molecule has 0 spiro atoms. The van der Waals surface area contributed by atoms with Crippen LogP contribution in [0, 0.1) is 0 Å². The van der Waals surface area contributed by atoms with Crippen LogP contribution in [0.2, 0.25) is 5.02 Å².